The van der Waals surface area contributed by atoms with Crippen molar-refractivity contribution in [1.29, 1.82) is 0 Å². The maximum absolute atomic E-state index is 12.6. The maximum atomic E-state index is 12.6. The van der Waals surface area contributed by atoms with E-state index in [-0.39, 0.29) is 33.4 Å². The monoisotopic (exact) mass is 457 g/mol. The normalized spacial score (nSPS) is 10.9. The van der Waals surface area contributed by atoms with Crippen LogP contribution in [0.1, 0.15) is 56.7 Å². The van der Waals surface area contributed by atoms with E-state index in [0.717, 1.165) is 17.4 Å². The van der Waals surface area contributed by atoms with E-state index in [9.17, 15) is 24.0 Å². The van der Waals surface area contributed by atoms with Crippen LogP contribution >= 0.6 is 11.3 Å². The van der Waals surface area contributed by atoms with E-state index in [1.807, 2.05) is 0 Å². The van der Waals surface area contributed by atoms with E-state index < -0.39 is 23.7 Å². The lowest BCUT2D eigenvalue weighted by Gasteiger charge is -2.08. The highest BCUT2D eigenvalue weighted by Gasteiger charge is 2.26. The molecule has 1 aromatic heterocycles. The molecule has 0 unspecified atom stereocenters. The average Bonchev–Trinajstić information content (AvgIpc) is 3.04. The van der Waals surface area contributed by atoms with Gasteiger partial charge in [0, 0.05) is 22.9 Å². The highest BCUT2D eigenvalue weighted by molar-refractivity contribution is 7.18. The second-order valence-corrected chi connectivity index (χ2v) is 7.77. The van der Waals surface area contributed by atoms with Crippen molar-refractivity contribution >= 4 is 51.5 Å². The smallest absolute Gasteiger partial charge is 0.341 e. The molecule has 4 N–H and O–H groups in total. The minimum atomic E-state index is -0.735. The number of anilines is 2. The zero-order chi connectivity index (χ0) is 24.0. The summed E-state index contributed by atoms with van der Waals surface area (Å²) in [6.45, 7) is 6.14. The van der Waals surface area contributed by atoms with Crippen LogP contribution in [0, 0.1) is 6.92 Å². The third-order valence-electron chi connectivity index (χ3n) is 4.34. The fourth-order valence-electron chi connectivity index (χ4n) is 2.72. The maximum Gasteiger partial charge on any atom is 0.341 e. The number of Topliss-reactive ketones (excluding diaryl/α,β-unsaturated/α-hetero) is 1. The first kappa shape index (κ1) is 24.5. The summed E-state index contributed by atoms with van der Waals surface area (Å²) in [5.41, 5.74) is 6.72. The molecule has 0 saturated carbocycles. The molecule has 0 aliphatic heterocycles. The number of hydrogen-bond donors (Lipinski definition) is 3. The van der Waals surface area contributed by atoms with Gasteiger partial charge in [0.2, 0.25) is 5.91 Å². The van der Waals surface area contributed by atoms with Crippen LogP contribution in [-0.4, -0.2) is 36.1 Å². The number of thiophene rings is 1. The predicted octanol–water partition coefficient (Wildman–Crippen LogP) is 3.06. The number of nitrogens with two attached hydrogens (primary N) is 1. The van der Waals surface area contributed by atoms with Crippen LogP contribution in [-0.2, 0) is 14.3 Å². The van der Waals surface area contributed by atoms with Crippen molar-refractivity contribution in [2.75, 3.05) is 17.2 Å². The van der Waals surface area contributed by atoms with Gasteiger partial charge >= 0.3 is 5.97 Å². The first-order chi connectivity index (χ1) is 15.0. The Balaban J connectivity index is 2.18. The lowest BCUT2D eigenvalue weighted by Crippen LogP contribution is -2.17. The Bertz CT molecular complexity index is 1120. The lowest BCUT2D eigenvalue weighted by molar-refractivity contribution is -0.114. The number of carbonyl (C=O) groups is 5. The average molecular weight is 458 g/mol. The van der Waals surface area contributed by atoms with Crippen LogP contribution in [0.5, 0.6) is 0 Å². The molecule has 1 aromatic carbocycles. The molecule has 0 saturated heterocycles. The molecule has 0 atom stereocenters. The molecule has 0 radical (unpaired) electrons. The number of carbonyl (C=O) groups excluding carboxylic acids is 5. The van der Waals surface area contributed by atoms with Crippen LogP contribution < -0.4 is 16.4 Å². The van der Waals surface area contributed by atoms with E-state index >= 15 is 0 Å². The van der Waals surface area contributed by atoms with Gasteiger partial charge in [0.15, 0.2) is 5.78 Å². The summed E-state index contributed by atoms with van der Waals surface area (Å²) in [5, 5.41) is 5.24. The highest BCUT2D eigenvalue weighted by atomic mass is 32.1. The van der Waals surface area contributed by atoms with Crippen LogP contribution in [0.2, 0.25) is 0 Å². The highest BCUT2D eigenvalue weighted by Crippen LogP contribution is 2.33. The van der Waals surface area contributed by atoms with E-state index in [1.165, 1.54) is 20.8 Å². The van der Waals surface area contributed by atoms with Crippen molar-refractivity contribution in [1.82, 2.24) is 0 Å². The van der Waals surface area contributed by atoms with E-state index in [4.69, 9.17) is 10.5 Å². The molecule has 10 heteroatoms. The second kappa shape index (κ2) is 10.5. The van der Waals surface area contributed by atoms with Crippen LogP contribution in [0.4, 0.5) is 10.7 Å². The van der Waals surface area contributed by atoms with Gasteiger partial charge in [-0.15, -0.1) is 11.3 Å². The lowest BCUT2D eigenvalue weighted by atomic mass is 10.1. The van der Waals surface area contributed by atoms with Gasteiger partial charge in [0.25, 0.3) is 11.8 Å². The number of rotatable bonds is 8. The Labute approximate surface area is 188 Å². The quantitative estimate of drug-likeness (QED) is 0.316. The second-order valence-electron chi connectivity index (χ2n) is 6.75. The van der Waals surface area contributed by atoms with Gasteiger partial charge in [-0.25, -0.2) is 4.79 Å². The third-order valence-corrected chi connectivity index (χ3v) is 5.56. The van der Waals surface area contributed by atoms with Gasteiger partial charge in [-0.1, -0.05) is 0 Å². The molecule has 0 aliphatic carbocycles. The van der Waals surface area contributed by atoms with Crippen molar-refractivity contribution in [3.8, 4) is 0 Å². The van der Waals surface area contributed by atoms with Crippen molar-refractivity contribution in [2.45, 2.75) is 27.7 Å². The molecule has 3 amide bonds. The largest absolute Gasteiger partial charge is 0.462 e. The molecule has 168 valence electrons. The van der Waals surface area contributed by atoms with Crippen molar-refractivity contribution < 1.29 is 28.7 Å². The predicted molar refractivity (Wildman–Crippen MR) is 121 cm³/mol. The summed E-state index contributed by atoms with van der Waals surface area (Å²) in [4.78, 5) is 60.2. The van der Waals surface area contributed by atoms with Crippen molar-refractivity contribution in [3.63, 3.8) is 0 Å². The van der Waals surface area contributed by atoms with Gasteiger partial charge < -0.3 is 21.1 Å². The molecular weight excluding hydrogens is 434 g/mol. The van der Waals surface area contributed by atoms with Gasteiger partial charge in [0.1, 0.15) is 5.00 Å². The number of ether oxygens (including phenoxy) is 1. The topological polar surface area (TPSA) is 145 Å². The summed E-state index contributed by atoms with van der Waals surface area (Å²) in [7, 11) is 0. The number of primary amides is 1. The molecule has 1 heterocycles. The number of esters is 1. The number of benzene rings is 1. The van der Waals surface area contributed by atoms with Crippen molar-refractivity contribution in [3.05, 3.63) is 57.5 Å². The summed E-state index contributed by atoms with van der Waals surface area (Å²) >= 11 is 0.857. The van der Waals surface area contributed by atoms with Crippen molar-refractivity contribution in [2.24, 2.45) is 5.73 Å². The molecule has 2 aromatic rings. The number of ketones is 1. The molecular formula is C22H23N3O6S. The molecule has 9 nitrogen and oxygen atoms in total. The van der Waals surface area contributed by atoms with Gasteiger partial charge in [-0.05, 0) is 57.5 Å². The van der Waals surface area contributed by atoms with E-state index in [0.29, 0.717) is 16.8 Å². The zero-order valence-electron chi connectivity index (χ0n) is 18.0. The Morgan fingerprint density at radius 3 is 2.22 bits per heavy atom. The summed E-state index contributed by atoms with van der Waals surface area (Å²) in [6.07, 6.45) is 1.09. The Morgan fingerprint density at radius 2 is 1.69 bits per heavy atom. The molecule has 2 rings (SSSR count). The third kappa shape index (κ3) is 5.88. The van der Waals surface area contributed by atoms with Crippen LogP contribution in [0.3, 0.4) is 0 Å². The zero-order valence-corrected chi connectivity index (χ0v) is 18.8. The van der Waals surface area contributed by atoms with Gasteiger partial charge in [-0.3, -0.25) is 19.2 Å². The fourth-order valence-corrected chi connectivity index (χ4v) is 3.76. The Morgan fingerprint density at radius 1 is 1.06 bits per heavy atom. The van der Waals surface area contributed by atoms with E-state index in [1.54, 1.807) is 31.2 Å². The summed E-state index contributed by atoms with van der Waals surface area (Å²) in [6, 6.07) is 6.30. The van der Waals surface area contributed by atoms with Gasteiger partial charge in [0.05, 0.1) is 17.0 Å². The standard InChI is InChI=1S/C22H23N3O6S/c1-5-31-22(30)17-12(3)18(19(23)28)32-21(17)25-20(29)11(2)10-16(27)24-15-8-6-14(7-9-15)13(4)26/h6-10H,5H2,1-4H3,(H2,23,28)(H,24,27)(H,25,29)/b11-10-. The number of nitrogens with one attached hydrogen (secondary N) is 2. The minimum absolute atomic E-state index is 0.0433. The Kier molecular flexibility index (Phi) is 8.03. The SMILES string of the molecule is CCOC(=O)c1c(NC(=O)/C(C)=C\C(=O)Nc2ccc(C(C)=O)cc2)sc(C(N)=O)c1C. The fraction of sp³-hybridized carbons (Fsp3) is 0.227. The minimum Gasteiger partial charge on any atom is -0.462 e. The number of hydrogen-bond acceptors (Lipinski definition) is 7. The van der Waals surface area contributed by atoms with E-state index in [2.05, 4.69) is 10.6 Å². The summed E-state index contributed by atoms with van der Waals surface area (Å²) in [5.74, 6) is -2.73. The first-order valence-electron chi connectivity index (χ1n) is 9.57. The first-order valence-corrected chi connectivity index (χ1v) is 10.4. The molecule has 32 heavy (non-hydrogen) atoms. The molecule has 0 fully saturated rings. The van der Waals surface area contributed by atoms with Gasteiger partial charge in [-0.2, -0.15) is 0 Å². The molecule has 0 bridgehead atoms. The number of amides is 3. The van der Waals surface area contributed by atoms with Crippen LogP contribution in [0.15, 0.2) is 35.9 Å². The molecule has 0 spiro atoms. The Hall–Kier alpha value is -3.79. The molecule has 0 aliphatic rings. The summed E-state index contributed by atoms with van der Waals surface area (Å²) < 4.78 is 5.00. The van der Waals surface area contributed by atoms with Crippen LogP contribution in [0.25, 0.3) is 0 Å².